The molecule has 1 aromatic carbocycles. The normalized spacial score (nSPS) is 41.8. The molecule has 2 N–H and O–H groups in total. The molecule has 0 amide bonds. The number of ether oxygens (including phenoxy) is 1. The number of rotatable bonds is 2. The number of fused-ring (bicyclic) bond motifs is 5. The lowest BCUT2D eigenvalue weighted by Gasteiger charge is -2.50. The molecular formula is C20H29NO2. The maximum Gasteiger partial charge on any atom is 0.119 e. The molecule has 0 aliphatic heterocycles. The van der Waals surface area contributed by atoms with Gasteiger partial charge in [0.15, 0.2) is 0 Å². The molecule has 2 fully saturated rings. The van der Waals surface area contributed by atoms with Crippen molar-refractivity contribution in [3.05, 3.63) is 29.3 Å². The first-order chi connectivity index (χ1) is 11.1. The molecule has 3 aliphatic rings. The van der Waals surface area contributed by atoms with Crippen LogP contribution < -0.4 is 10.1 Å². The molecule has 3 heteroatoms. The fraction of sp³-hybridized carbons (Fsp3) is 0.700. The molecule has 2 saturated carbocycles. The van der Waals surface area contributed by atoms with Gasteiger partial charge in [-0.25, -0.2) is 0 Å². The fourth-order valence-electron chi connectivity index (χ4n) is 6.22. The van der Waals surface area contributed by atoms with Crippen molar-refractivity contribution in [1.82, 2.24) is 5.32 Å². The second kappa shape index (κ2) is 5.49. The van der Waals surface area contributed by atoms with E-state index < -0.39 is 0 Å². The van der Waals surface area contributed by atoms with Crippen LogP contribution in [0.4, 0.5) is 0 Å². The lowest BCUT2D eigenvalue weighted by Crippen LogP contribution is -2.49. The fourth-order valence-corrected chi connectivity index (χ4v) is 6.22. The molecular weight excluding hydrogens is 286 g/mol. The standard InChI is InChI=1S/C20H29NO2/c1-20-9-8-15-14-7-5-13(23-3)10-12(14)4-6-16(15)17(20)11-18(22)19(20)21-2/h5,7,10,15-19,21-22H,4,6,8-9,11H2,1-3H3/t15-,16-,17+,18+,19+,20+/m1/s1. The van der Waals surface area contributed by atoms with Gasteiger partial charge in [0.05, 0.1) is 13.2 Å². The number of benzene rings is 1. The maximum absolute atomic E-state index is 10.6. The van der Waals surface area contributed by atoms with E-state index in [2.05, 4.69) is 30.4 Å². The maximum atomic E-state index is 10.6. The van der Waals surface area contributed by atoms with Crippen LogP contribution in [0, 0.1) is 17.3 Å². The van der Waals surface area contributed by atoms with Gasteiger partial charge >= 0.3 is 0 Å². The highest BCUT2D eigenvalue weighted by Crippen LogP contribution is 2.60. The van der Waals surface area contributed by atoms with E-state index in [1.165, 1.54) is 24.8 Å². The minimum atomic E-state index is -0.189. The second-order valence-electron chi connectivity index (χ2n) is 8.09. The van der Waals surface area contributed by atoms with Crippen molar-refractivity contribution in [1.29, 1.82) is 0 Å². The third kappa shape index (κ3) is 2.16. The Kier molecular flexibility index (Phi) is 3.69. The van der Waals surface area contributed by atoms with Gasteiger partial charge < -0.3 is 15.2 Å². The van der Waals surface area contributed by atoms with Crippen LogP contribution in [0.1, 0.15) is 49.7 Å². The number of aliphatic hydroxyl groups is 1. The Morgan fingerprint density at radius 2 is 2.13 bits per heavy atom. The van der Waals surface area contributed by atoms with E-state index in [0.29, 0.717) is 11.8 Å². The van der Waals surface area contributed by atoms with Crippen LogP contribution in [0.15, 0.2) is 18.2 Å². The van der Waals surface area contributed by atoms with Gasteiger partial charge in [-0.1, -0.05) is 13.0 Å². The average molecular weight is 315 g/mol. The van der Waals surface area contributed by atoms with Crippen molar-refractivity contribution in [3.63, 3.8) is 0 Å². The summed E-state index contributed by atoms with van der Waals surface area (Å²) >= 11 is 0. The van der Waals surface area contributed by atoms with Gasteiger partial charge in [-0.2, -0.15) is 0 Å². The molecule has 6 atom stereocenters. The predicted molar refractivity (Wildman–Crippen MR) is 91.8 cm³/mol. The number of nitrogens with one attached hydrogen (secondary N) is 1. The summed E-state index contributed by atoms with van der Waals surface area (Å²) in [6.07, 6.45) is 5.66. The van der Waals surface area contributed by atoms with Crippen molar-refractivity contribution in [3.8, 4) is 5.75 Å². The highest BCUT2D eigenvalue weighted by atomic mass is 16.5. The van der Waals surface area contributed by atoms with Gasteiger partial charge in [0.25, 0.3) is 0 Å². The van der Waals surface area contributed by atoms with Gasteiger partial charge in [0.2, 0.25) is 0 Å². The summed E-state index contributed by atoms with van der Waals surface area (Å²) in [5.41, 5.74) is 3.28. The first kappa shape index (κ1) is 15.5. The average Bonchev–Trinajstić information content (AvgIpc) is 2.83. The zero-order valence-corrected chi connectivity index (χ0v) is 14.5. The topological polar surface area (TPSA) is 41.5 Å². The smallest absolute Gasteiger partial charge is 0.119 e. The zero-order valence-electron chi connectivity index (χ0n) is 14.5. The molecule has 0 radical (unpaired) electrons. The Hall–Kier alpha value is -1.06. The molecule has 0 unspecified atom stereocenters. The second-order valence-corrected chi connectivity index (χ2v) is 8.09. The largest absolute Gasteiger partial charge is 0.497 e. The van der Waals surface area contributed by atoms with E-state index in [9.17, 15) is 5.11 Å². The third-order valence-corrected chi connectivity index (χ3v) is 7.27. The molecule has 0 saturated heterocycles. The molecule has 0 heterocycles. The van der Waals surface area contributed by atoms with E-state index in [0.717, 1.165) is 24.5 Å². The molecule has 23 heavy (non-hydrogen) atoms. The summed E-state index contributed by atoms with van der Waals surface area (Å²) in [6, 6.07) is 6.91. The Bertz CT molecular complexity index is 601. The van der Waals surface area contributed by atoms with E-state index in [-0.39, 0.29) is 17.6 Å². The third-order valence-electron chi connectivity index (χ3n) is 7.27. The van der Waals surface area contributed by atoms with E-state index >= 15 is 0 Å². The van der Waals surface area contributed by atoms with E-state index in [4.69, 9.17) is 4.74 Å². The number of likely N-dealkylation sites (N-methyl/N-ethyl adjacent to an activating group) is 1. The number of hydrogen-bond acceptors (Lipinski definition) is 3. The minimum Gasteiger partial charge on any atom is -0.497 e. The molecule has 1 aromatic rings. The van der Waals surface area contributed by atoms with Gasteiger partial charge in [-0.05, 0) is 85.6 Å². The van der Waals surface area contributed by atoms with Gasteiger partial charge in [-0.3, -0.25) is 0 Å². The highest BCUT2D eigenvalue weighted by Gasteiger charge is 2.57. The Labute approximate surface area is 139 Å². The summed E-state index contributed by atoms with van der Waals surface area (Å²) in [5.74, 6) is 3.02. The van der Waals surface area contributed by atoms with Gasteiger partial charge in [0.1, 0.15) is 5.75 Å². The molecule has 0 spiro atoms. The van der Waals surface area contributed by atoms with E-state index in [1.54, 1.807) is 12.7 Å². The lowest BCUT2D eigenvalue weighted by molar-refractivity contribution is 0.0382. The zero-order chi connectivity index (χ0) is 16.2. The summed E-state index contributed by atoms with van der Waals surface area (Å²) < 4.78 is 5.40. The van der Waals surface area contributed by atoms with Gasteiger partial charge in [-0.15, -0.1) is 0 Å². The Balaban J connectivity index is 1.67. The van der Waals surface area contributed by atoms with Crippen LogP contribution in [0.25, 0.3) is 0 Å². The Morgan fingerprint density at radius 1 is 1.30 bits per heavy atom. The summed E-state index contributed by atoms with van der Waals surface area (Å²) in [6.45, 7) is 2.41. The van der Waals surface area contributed by atoms with Crippen LogP contribution in [0.3, 0.4) is 0 Å². The van der Waals surface area contributed by atoms with Crippen LogP contribution in [0.5, 0.6) is 5.75 Å². The van der Waals surface area contributed by atoms with Crippen LogP contribution in [0.2, 0.25) is 0 Å². The lowest BCUT2D eigenvalue weighted by atomic mass is 9.55. The minimum absolute atomic E-state index is 0.189. The number of aliphatic hydroxyl groups excluding tert-OH is 1. The monoisotopic (exact) mass is 315 g/mol. The summed E-state index contributed by atoms with van der Waals surface area (Å²) in [4.78, 5) is 0. The van der Waals surface area contributed by atoms with Crippen molar-refractivity contribution >= 4 is 0 Å². The van der Waals surface area contributed by atoms with Gasteiger partial charge in [0, 0.05) is 6.04 Å². The first-order valence-corrected chi connectivity index (χ1v) is 9.10. The van der Waals surface area contributed by atoms with E-state index in [1.807, 2.05) is 7.05 Å². The first-order valence-electron chi connectivity index (χ1n) is 9.10. The predicted octanol–water partition coefficient (Wildman–Crippen LogP) is 3.11. The quantitative estimate of drug-likeness (QED) is 0.881. The molecule has 126 valence electrons. The summed E-state index contributed by atoms with van der Waals surface area (Å²) in [5, 5.41) is 14.0. The molecule has 0 aromatic heterocycles. The SMILES string of the molecule is CN[C@H]1[C@@H](O)C[C@H]2[C@@H]3CCc4cc(OC)ccc4[C@H]3CC[C@@]21C. The summed E-state index contributed by atoms with van der Waals surface area (Å²) in [7, 11) is 3.76. The Morgan fingerprint density at radius 3 is 2.87 bits per heavy atom. The van der Waals surface area contributed by atoms with Crippen molar-refractivity contribution in [2.24, 2.45) is 17.3 Å². The molecule has 0 bridgehead atoms. The number of aryl methyl sites for hydroxylation is 1. The molecule has 3 nitrogen and oxygen atoms in total. The highest BCUT2D eigenvalue weighted by molar-refractivity contribution is 5.40. The van der Waals surface area contributed by atoms with Crippen molar-refractivity contribution < 1.29 is 9.84 Å². The van der Waals surface area contributed by atoms with Crippen molar-refractivity contribution in [2.75, 3.05) is 14.2 Å². The van der Waals surface area contributed by atoms with Crippen molar-refractivity contribution in [2.45, 2.75) is 57.1 Å². The van der Waals surface area contributed by atoms with Crippen LogP contribution in [-0.2, 0) is 6.42 Å². The number of hydrogen-bond donors (Lipinski definition) is 2. The molecule has 4 rings (SSSR count). The molecule has 3 aliphatic carbocycles. The number of methoxy groups -OCH3 is 1. The van der Waals surface area contributed by atoms with Crippen LogP contribution >= 0.6 is 0 Å². The van der Waals surface area contributed by atoms with Crippen LogP contribution in [-0.4, -0.2) is 31.4 Å².